The number of amides is 1. The molecule has 0 spiro atoms. The molecule has 1 fully saturated rings. The van der Waals surface area contributed by atoms with E-state index < -0.39 is 0 Å². The monoisotopic (exact) mass is 399 g/mol. The van der Waals surface area contributed by atoms with Gasteiger partial charge in [0.1, 0.15) is 11.3 Å². The first-order chi connectivity index (χ1) is 14.7. The van der Waals surface area contributed by atoms with Crippen molar-refractivity contribution in [2.45, 2.75) is 0 Å². The summed E-state index contributed by atoms with van der Waals surface area (Å²) in [7, 11) is 0. The van der Waals surface area contributed by atoms with Crippen LogP contribution in [0.2, 0.25) is 0 Å². The van der Waals surface area contributed by atoms with Crippen molar-refractivity contribution < 1.29 is 14.4 Å². The molecule has 0 atom stereocenters. The van der Waals surface area contributed by atoms with Gasteiger partial charge in [-0.15, -0.1) is 0 Å². The van der Waals surface area contributed by atoms with Crippen molar-refractivity contribution in [1.29, 1.82) is 0 Å². The number of carbonyl (C=O) groups is 1. The number of piperazine rings is 1. The van der Waals surface area contributed by atoms with Gasteiger partial charge in [0, 0.05) is 37.3 Å². The molecule has 0 unspecified atom stereocenters. The number of phenolic OH excluding ortho intramolecular Hbond substituents is 1. The number of aromatic nitrogens is 1. The van der Waals surface area contributed by atoms with Crippen LogP contribution >= 0.6 is 0 Å². The van der Waals surface area contributed by atoms with Gasteiger partial charge in [-0.05, 0) is 30.3 Å². The Bertz CT molecular complexity index is 1190. The average Bonchev–Trinajstić information content (AvgIpc) is 3.23. The maximum atomic E-state index is 13.1. The standard InChI is InChI=1S/C24H21N3O3/c28-22-9-5-4-8-21(22)26-12-14-27(15-13-26)24(29)18-10-11-20-19(16-18)23(30-25-20)17-6-2-1-3-7-17/h1-11,16,28H,12-15H2. The number of hydrogen-bond donors (Lipinski definition) is 1. The van der Waals surface area contributed by atoms with E-state index in [0.29, 0.717) is 37.5 Å². The van der Waals surface area contributed by atoms with Gasteiger partial charge >= 0.3 is 0 Å². The van der Waals surface area contributed by atoms with Crippen LogP contribution in [0.25, 0.3) is 22.2 Å². The minimum atomic E-state index is -0.00551. The molecule has 0 saturated carbocycles. The molecule has 2 heterocycles. The largest absolute Gasteiger partial charge is 0.506 e. The van der Waals surface area contributed by atoms with Gasteiger partial charge in [-0.1, -0.05) is 47.6 Å². The second-order valence-electron chi connectivity index (χ2n) is 7.38. The number of benzene rings is 3. The molecule has 30 heavy (non-hydrogen) atoms. The summed E-state index contributed by atoms with van der Waals surface area (Å²) in [4.78, 5) is 17.1. The zero-order valence-corrected chi connectivity index (χ0v) is 16.4. The third-order valence-electron chi connectivity index (χ3n) is 5.55. The maximum Gasteiger partial charge on any atom is 0.254 e. The minimum Gasteiger partial charge on any atom is -0.506 e. The Morgan fingerprint density at radius 2 is 1.63 bits per heavy atom. The third kappa shape index (κ3) is 3.26. The Morgan fingerprint density at radius 3 is 2.40 bits per heavy atom. The summed E-state index contributed by atoms with van der Waals surface area (Å²) in [5.74, 6) is 0.933. The Labute approximate surface area is 173 Å². The van der Waals surface area contributed by atoms with E-state index in [2.05, 4.69) is 10.1 Å². The topological polar surface area (TPSA) is 69.8 Å². The lowest BCUT2D eigenvalue weighted by molar-refractivity contribution is 0.0747. The van der Waals surface area contributed by atoms with Crippen molar-refractivity contribution >= 4 is 22.5 Å². The molecule has 1 amide bonds. The predicted molar refractivity (Wildman–Crippen MR) is 116 cm³/mol. The molecule has 1 aromatic heterocycles. The molecule has 4 aromatic rings. The summed E-state index contributed by atoms with van der Waals surface area (Å²) >= 11 is 0. The molecule has 0 bridgehead atoms. The Hall–Kier alpha value is -3.80. The van der Waals surface area contributed by atoms with Crippen LogP contribution in [-0.4, -0.2) is 47.2 Å². The molecule has 6 nitrogen and oxygen atoms in total. The van der Waals surface area contributed by atoms with E-state index in [4.69, 9.17) is 4.52 Å². The van der Waals surface area contributed by atoms with Gasteiger partial charge in [-0.3, -0.25) is 4.79 Å². The van der Waals surface area contributed by atoms with Crippen LogP contribution in [0.15, 0.2) is 77.3 Å². The van der Waals surface area contributed by atoms with Crippen LogP contribution in [0, 0.1) is 0 Å². The number of phenols is 1. The van der Waals surface area contributed by atoms with E-state index in [1.54, 1.807) is 12.1 Å². The smallest absolute Gasteiger partial charge is 0.254 e. The van der Waals surface area contributed by atoms with Crippen LogP contribution in [-0.2, 0) is 0 Å². The van der Waals surface area contributed by atoms with E-state index in [0.717, 1.165) is 22.2 Å². The van der Waals surface area contributed by atoms with Crippen LogP contribution in [0.5, 0.6) is 5.75 Å². The number of aromatic hydroxyl groups is 1. The Morgan fingerprint density at radius 1 is 0.900 bits per heavy atom. The van der Waals surface area contributed by atoms with Crippen molar-refractivity contribution in [2.24, 2.45) is 0 Å². The Kier molecular flexibility index (Phi) is 4.59. The molecular formula is C24H21N3O3. The summed E-state index contributed by atoms with van der Waals surface area (Å²) in [6.45, 7) is 2.54. The number of fused-ring (bicyclic) bond motifs is 1. The molecule has 1 aliphatic heterocycles. The molecule has 0 aliphatic carbocycles. The summed E-state index contributed by atoms with van der Waals surface area (Å²) in [5.41, 5.74) is 3.09. The number of hydrogen-bond acceptors (Lipinski definition) is 5. The Balaban J connectivity index is 1.36. The predicted octanol–water partition coefficient (Wildman–Crippen LogP) is 4.16. The quantitative estimate of drug-likeness (QED) is 0.560. The van der Waals surface area contributed by atoms with E-state index in [9.17, 15) is 9.90 Å². The van der Waals surface area contributed by atoms with Crippen molar-refractivity contribution in [1.82, 2.24) is 10.1 Å². The average molecular weight is 399 g/mol. The number of rotatable bonds is 3. The number of nitrogens with zero attached hydrogens (tertiary/aromatic N) is 3. The first kappa shape index (κ1) is 18.2. The third-order valence-corrected chi connectivity index (χ3v) is 5.55. The van der Waals surface area contributed by atoms with Gasteiger partial charge in [0.25, 0.3) is 5.91 Å². The minimum absolute atomic E-state index is 0.00551. The lowest BCUT2D eigenvalue weighted by Crippen LogP contribution is -2.48. The highest BCUT2D eigenvalue weighted by Crippen LogP contribution is 2.30. The maximum absolute atomic E-state index is 13.1. The summed E-state index contributed by atoms with van der Waals surface area (Å²) < 4.78 is 5.55. The normalized spacial score (nSPS) is 14.3. The number of para-hydroxylation sites is 2. The highest BCUT2D eigenvalue weighted by Gasteiger charge is 2.24. The molecule has 150 valence electrons. The fourth-order valence-electron chi connectivity index (χ4n) is 3.94. The zero-order valence-electron chi connectivity index (χ0n) is 16.4. The molecule has 3 aromatic carbocycles. The van der Waals surface area contributed by atoms with Crippen molar-refractivity contribution in [3.63, 3.8) is 0 Å². The van der Waals surface area contributed by atoms with E-state index in [-0.39, 0.29) is 11.7 Å². The summed E-state index contributed by atoms with van der Waals surface area (Å²) in [6.07, 6.45) is 0. The van der Waals surface area contributed by atoms with Gasteiger partial charge in [0.2, 0.25) is 0 Å². The van der Waals surface area contributed by atoms with Gasteiger partial charge < -0.3 is 19.4 Å². The van der Waals surface area contributed by atoms with Gasteiger partial charge in [0.05, 0.1) is 11.1 Å². The zero-order chi connectivity index (χ0) is 20.5. The van der Waals surface area contributed by atoms with E-state index in [1.165, 1.54) is 0 Å². The molecule has 1 saturated heterocycles. The molecule has 1 aliphatic rings. The molecular weight excluding hydrogens is 378 g/mol. The highest BCUT2D eigenvalue weighted by molar-refractivity contribution is 6.01. The number of anilines is 1. The van der Waals surface area contributed by atoms with Crippen LogP contribution in [0.3, 0.4) is 0 Å². The van der Waals surface area contributed by atoms with Crippen molar-refractivity contribution in [2.75, 3.05) is 31.1 Å². The fourth-order valence-corrected chi connectivity index (χ4v) is 3.94. The molecule has 0 radical (unpaired) electrons. The van der Waals surface area contributed by atoms with Crippen molar-refractivity contribution in [3.05, 3.63) is 78.4 Å². The summed E-state index contributed by atoms with van der Waals surface area (Å²) in [6, 6.07) is 22.6. The van der Waals surface area contributed by atoms with Crippen LogP contribution in [0.1, 0.15) is 10.4 Å². The van der Waals surface area contributed by atoms with E-state index in [1.807, 2.05) is 65.6 Å². The SMILES string of the molecule is O=C(c1ccc2noc(-c3ccccc3)c2c1)N1CCN(c2ccccc2O)CC1. The van der Waals surface area contributed by atoms with Gasteiger partial charge in [0.15, 0.2) is 5.76 Å². The summed E-state index contributed by atoms with van der Waals surface area (Å²) in [5, 5.41) is 15.0. The lowest BCUT2D eigenvalue weighted by atomic mass is 10.1. The van der Waals surface area contributed by atoms with Crippen LogP contribution in [0.4, 0.5) is 5.69 Å². The fraction of sp³-hybridized carbons (Fsp3) is 0.167. The first-order valence-electron chi connectivity index (χ1n) is 9.98. The first-order valence-corrected chi connectivity index (χ1v) is 9.98. The highest BCUT2D eigenvalue weighted by atomic mass is 16.5. The van der Waals surface area contributed by atoms with E-state index >= 15 is 0 Å². The van der Waals surface area contributed by atoms with Crippen molar-refractivity contribution in [3.8, 4) is 17.1 Å². The van der Waals surface area contributed by atoms with Crippen LogP contribution < -0.4 is 4.90 Å². The van der Waals surface area contributed by atoms with Gasteiger partial charge in [-0.2, -0.15) is 0 Å². The molecule has 5 rings (SSSR count). The second kappa shape index (κ2) is 7.55. The molecule has 1 N–H and O–H groups in total. The molecule has 6 heteroatoms. The lowest BCUT2D eigenvalue weighted by Gasteiger charge is -2.36. The number of carbonyl (C=O) groups excluding carboxylic acids is 1. The second-order valence-corrected chi connectivity index (χ2v) is 7.38. The van der Waals surface area contributed by atoms with Gasteiger partial charge in [-0.25, -0.2) is 0 Å².